The molecule has 244 valence electrons. The zero-order valence-electron chi connectivity index (χ0n) is 26.4. The number of ether oxygens (including phenoxy) is 1. The molecule has 0 amide bonds. The summed E-state index contributed by atoms with van der Waals surface area (Å²) in [5.74, 6) is 2.12. The number of hydrogen-bond donors (Lipinski definition) is 4. The Morgan fingerprint density at radius 1 is 1.07 bits per heavy atom. The van der Waals surface area contributed by atoms with Gasteiger partial charge >= 0.3 is 6.36 Å². The molecule has 3 rings (SSSR count). The third-order valence-electron chi connectivity index (χ3n) is 8.70. The van der Waals surface area contributed by atoms with Crippen molar-refractivity contribution in [3.63, 3.8) is 0 Å². The highest BCUT2D eigenvalue weighted by Gasteiger charge is 2.32. The minimum Gasteiger partial charge on any atom is -0.405 e. The number of nitriles is 1. The van der Waals surface area contributed by atoms with Gasteiger partial charge in [0, 0.05) is 30.7 Å². The molecular formula is C33H50F3N7O. The molecule has 1 aromatic carbocycles. The van der Waals surface area contributed by atoms with Crippen molar-refractivity contribution in [3.8, 4) is 11.8 Å². The fourth-order valence-electron chi connectivity index (χ4n) is 5.97. The maximum Gasteiger partial charge on any atom is 0.573 e. The van der Waals surface area contributed by atoms with E-state index in [9.17, 15) is 18.4 Å². The molecule has 3 atom stereocenters. The summed E-state index contributed by atoms with van der Waals surface area (Å²) >= 11 is 0. The van der Waals surface area contributed by atoms with Crippen molar-refractivity contribution in [1.82, 2.24) is 15.3 Å². The normalized spacial score (nSPS) is 19.0. The SMILES string of the molecule is CCCC(CC[C@H](C)NC[C@H]1CC[C@@H](N)CC1)C[C@H](CC)CNc1nc(NCc2ccccc2OC(F)(F)F)ncc1C#N. The Kier molecular flexibility index (Phi) is 14.5. The monoisotopic (exact) mass is 617 g/mol. The molecule has 0 spiro atoms. The van der Waals surface area contributed by atoms with Crippen LogP contribution in [-0.2, 0) is 6.54 Å². The second-order valence-electron chi connectivity index (χ2n) is 12.3. The summed E-state index contributed by atoms with van der Waals surface area (Å²) in [6.07, 6.45) is 8.14. The van der Waals surface area contributed by atoms with Gasteiger partial charge in [-0.1, -0.05) is 51.3 Å². The van der Waals surface area contributed by atoms with E-state index in [4.69, 9.17) is 5.73 Å². The number of halogens is 3. The van der Waals surface area contributed by atoms with E-state index < -0.39 is 6.36 Å². The number of nitrogens with two attached hydrogens (primary N) is 1. The van der Waals surface area contributed by atoms with E-state index >= 15 is 0 Å². The summed E-state index contributed by atoms with van der Waals surface area (Å²) in [6.45, 7) is 8.50. The second-order valence-corrected chi connectivity index (χ2v) is 12.3. The number of alkyl halides is 3. The third-order valence-corrected chi connectivity index (χ3v) is 8.70. The Hall–Kier alpha value is -3.10. The van der Waals surface area contributed by atoms with E-state index in [0.29, 0.717) is 47.4 Å². The first-order valence-electron chi connectivity index (χ1n) is 16.2. The van der Waals surface area contributed by atoms with Crippen LogP contribution in [0, 0.1) is 29.1 Å². The Morgan fingerprint density at radius 2 is 1.82 bits per heavy atom. The van der Waals surface area contributed by atoms with Crippen LogP contribution >= 0.6 is 0 Å². The van der Waals surface area contributed by atoms with Crippen molar-refractivity contribution in [3.05, 3.63) is 41.6 Å². The van der Waals surface area contributed by atoms with Gasteiger partial charge in [0.25, 0.3) is 0 Å². The molecule has 2 aromatic rings. The van der Waals surface area contributed by atoms with E-state index in [0.717, 1.165) is 51.0 Å². The minimum atomic E-state index is -4.79. The van der Waals surface area contributed by atoms with E-state index in [1.807, 2.05) is 0 Å². The van der Waals surface area contributed by atoms with Crippen LogP contribution in [0.25, 0.3) is 0 Å². The van der Waals surface area contributed by atoms with E-state index in [-0.39, 0.29) is 18.2 Å². The average molecular weight is 618 g/mol. The summed E-state index contributed by atoms with van der Waals surface area (Å²) in [6, 6.07) is 8.92. The van der Waals surface area contributed by atoms with Crippen molar-refractivity contribution in [2.45, 2.75) is 110 Å². The topological polar surface area (TPSA) is 121 Å². The van der Waals surface area contributed by atoms with Crippen LogP contribution in [-0.4, -0.2) is 41.5 Å². The van der Waals surface area contributed by atoms with Crippen LogP contribution in [0.15, 0.2) is 30.5 Å². The molecule has 44 heavy (non-hydrogen) atoms. The smallest absolute Gasteiger partial charge is 0.405 e. The summed E-state index contributed by atoms with van der Waals surface area (Å²) in [4.78, 5) is 8.65. The molecule has 1 heterocycles. The Balaban J connectivity index is 1.52. The molecule has 1 aliphatic carbocycles. The highest BCUT2D eigenvalue weighted by atomic mass is 19.4. The summed E-state index contributed by atoms with van der Waals surface area (Å²) < 4.78 is 42.5. The quantitative estimate of drug-likeness (QED) is 0.137. The van der Waals surface area contributed by atoms with Crippen molar-refractivity contribution in [2.24, 2.45) is 23.5 Å². The molecule has 1 saturated carbocycles. The zero-order chi connectivity index (χ0) is 32.0. The molecule has 0 bridgehead atoms. The van der Waals surface area contributed by atoms with E-state index in [1.165, 1.54) is 44.0 Å². The molecule has 0 radical (unpaired) electrons. The van der Waals surface area contributed by atoms with Gasteiger partial charge in [0.05, 0.1) is 6.20 Å². The number of para-hydroxylation sites is 1. The van der Waals surface area contributed by atoms with Crippen LogP contribution in [0.2, 0.25) is 0 Å². The van der Waals surface area contributed by atoms with Gasteiger partial charge in [-0.25, -0.2) is 4.98 Å². The largest absolute Gasteiger partial charge is 0.573 e. The standard InChI is InChI=1S/C33H50F3N7O/c1-4-8-25(12-11-23(3)39-20-26-13-15-29(38)16-14-26)17-24(5-2)19-40-31-28(18-37)22-42-32(43-31)41-21-27-9-6-7-10-30(27)44-33(34,35)36/h6-7,9-10,22-26,29,39H,4-5,8,11-17,19-21,38H2,1-3H3,(H2,40,41,42,43)/t23-,24-,25?,26-,29+/m0/s1. The van der Waals surface area contributed by atoms with Crippen LogP contribution in [0.1, 0.15) is 96.1 Å². The van der Waals surface area contributed by atoms with Crippen molar-refractivity contribution >= 4 is 11.8 Å². The number of rotatable bonds is 18. The summed E-state index contributed by atoms with van der Waals surface area (Å²) in [7, 11) is 0. The molecule has 1 unspecified atom stereocenters. The first kappa shape index (κ1) is 35.4. The second kappa shape index (κ2) is 18.0. The van der Waals surface area contributed by atoms with Crippen LogP contribution in [0.5, 0.6) is 5.75 Å². The van der Waals surface area contributed by atoms with Gasteiger partial charge in [0.15, 0.2) is 0 Å². The van der Waals surface area contributed by atoms with Crippen molar-refractivity contribution in [2.75, 3.05) is 23.7 Å². The zero-order valence-corrected chi connectivity index (χ0v) is 26.4. The highest BCUT2D eigenvalue weighted by molar-refractivity contribution is 5.53. The molecular weight excluding hydrogens is 567 g/mol. The van der Waals surface area contributed by atoms with Gasteiger partial charge in [-0.05, 0) is 82.2 Å². The average Bonchev–Trinajstić information content (AvgIpc) is 3.00. The van der Waals surface area contributed by atoms with Crippen LogP contribution in [0.4, 0.5) is 24.9 Å². The van der Waals surface area contributed by atoms with Gasteiger partial charge in [-0.3, -0.25) is 0 Å². The van der Waals surface area contributed by atoms with Crippen LogP contribution < -0.4 is 26.4 Å². The first-order valence-corrected chi connectivity index (χ1v) is 16.2. The number of aromatic nitrogens is 2. The highest BCUT2D eigenvalue weighted by Crippen LogP contribution is 2.28. The van der Waals surface area contributed by atoms with Gasteiger partial charge in [0.2, 0.25) is 5.95 Å². The lowest BCUT2D eigenvalue weighted by molar-refractivity contribution is -0.274. The van der Waals surface area contributed by atoms with Gasteiger partial charge < -0.3 is 26.4 Å². The first-order chi connectivity index (χ1) is 21.1. The number of nitrogens with one attached hydrogen (secondary N) is 3. The predicted molar refractivity (Wildman–Crippen MR) is 169 cm³/mol. The molecule has 11 heteroatoms. The molecule has 5 N–H and O–H groups in total. The van der Waals surface area contributed by atoms with E-state index in [1.54, 1.807) is 12.1 Å². The maximum absolute atomic E-state index is 12.8. The Morgan fingerprint density at radius 3 is 2.50 bits per heavy atom. The molecule has 1 aliphatic rings. The van der Waals surface area contributed by atoms with E-state index in [2.05, 4.69) is 57.5 Å². The fraction of sp³-hybridized carbons (Fsp3) is 0.667. The molecule has 1 fully saturated rings. The predicted octanol–water partition coefficient (Wildman–Crippen LogP) is 7.38. The number of benzene rings is 1. The lowest BCUT2D eigenvalue weighted by Gasteiger charge is -2.28. The molecule has 8 nitrogen and oxygen atoms in total. The van der Waals surface area contributed by atoms with Gasteiger partial charge in [0.1, 0.15) is 23.2 Å². The summed E-state index contributed by atoms with van der Waals surface area (Å²) in [5.41, 5.74) is 6.69. The number of hydrogen-bond acceptors (Lipinski definition) is 8. The molecule has 1 aromatic heterocycles. The number of anilines is 2. The maximum atomic E-state index is 12.8. The minimum absolute atomic E-state index is 0.0238. The third kappa shape index (κ3) is 12.5. The summed E-state index contributed by atoms with van der Waals surface area (Å²) in [5, 5.41) is 19.7. The fourth-order valence-corrected chi connectivity index (χ4v) is 5.97. The molecule has 0 aliphatic heterocycles. The molecule has 0 saturated heterocycles. The van der Waals surface area contributed by atoms with Gasteiger partial charge in [-0.2, -0.15) is 10.2 Å². The number of nitrogens with zero attached hydrogens (tertiary/aromatic N) is 3. The lowest BCUT2D eigenvalue weighted by atomic mass is 9.85. The Labute approximate surface area is 260 Å². The van der Waals surface area contributed by atoms with Crippen molar-refractivity contribution in [1.29, 1.82) is 5.26 Å². The van der Waals surface area contributed by atoms with Crippen LogP contribution in [0.3, 0.4) is 0 Å². The lowest BCUT2D eigenvalue weighted by Crippen LogP contribution is -2.35. The van der Waals surface area contributed by atoms with Crippen molar-refractivity contribution < 1.29 is 17.9 Å². The Bertz CT molecular complexity index is 1160. The van der Waals surface area contributed by atoms with Gasteiger partial charge in [-0.15, -0.1) is 13.2 Å².